The molecule has 0 radical (unpaired) electrons. The van der Waals surface area contributed by atoms with Crippen molar-refractivity contribution in [2.45, 2.75) is 5.92 Å². The fourth-order valence-corrected chi connectivity index (χ4v) is 5.96. The van der Waals surface area contributed by atoms with E-state index in [0.717, 1.165) is 45.3 Å². The van der Waals surface area contributed by atoms with E-state index in [1.54, 1.807) is 28.4 Å². The van der Waals surface area contributed by atoms with Gasteiger partial charge in [0.05, 0.1) is 21.3 Å². The Labute approximate surface area is 258 Å². The second kappa shape index (κ2) is 12.9. The van der Waals surface area contributed by atoms with E-state index >= 15 is 0 Å². The van der Waals surface area contributed by atoms with Gasteiger partial charge in [-0.25, -0.2) is 0 Å². The van der Waals surface area contributed by atoms with Crippen molar-refractivity contribution in [1.29, 1.82) is 0 Å². The van der Waals surface area contributed by atoms with Gasteiger partial charge in [-0.3, -0.25) is 4.42 Å². The molecule has 5 aromatic rings. The Kier molecular flexibility index (Phi) is 8.42. The molecule has 0 saturated carbocycles. The molecule has 0 atom stereocenters. The maximum Gasteiger partial charge on any atom is 0.343 e. The van der Waals surface area contributed by atoms with Gasteiger partial charge < -0.3 is 14.2 Å². The number of rotatable bonds is 8. The molecule has 0 spiro atoms. The number of allylic oxidation sites excluding steroid dienone is 5. The van der Waals surface area contributed by atoms with Crippen molar-refractivity contribution in [3.05, 3.63) is 167 Å². The fourth-order valence-electron chi connectivity index (χ4n) is 5.96. The van der Waals surface area contributed by atoms with Crippen LogP contribution in [0.2, 0.25) is 0 Å². The molecule has 4 heteroatoms. The highest BCUT2D eigenvalue weighted by Gasteiger charge is 2.23. The monoisotopic (exact) mass is 579 g/mol. The molecule has 0 saturated heterocycles. The zero-order chi connectivity index (χ0) is 30.5. The van der Waals surface area contributed by atoms with Crippen LogP contribution in [0.3, 0.4) is 0 Å². The number of methoxy groups -OCH3 is 3. The van der Waals surface area contributed by atoms with Crippen LogP contribution in [0.1, 0.15) is 33.7 Å². The number of hydrogen-bond acceptors (Lipinski definition) is 3. The molecule has 0 heterocycles. The maximum atomic E-state index is 5.50. The van der Waals surface area contributed by atoms with Crippen LogP contribution in [0.25, 0.3) is 16.3 Å². The summed E-state index contributed by atoms with van der Waals surface area (Å²) in [4.78, 5) is 0. The molecule has 0 unspecified atom stereocenters. The third-order valence-electron chi connectivity index (χ3n) is 8.17. The summed E-state index contributed by atoms with van der Waals surface area (Å²) in [5.41, 5.74) is 8.06. The lowest BCUT2D eigenvalue weighted by atomic mass is 9.79. The number of ether oxygens (including phenoxy) is 3. The first-order valence-corrected chi connectivity index (χ1v) is 14.6. The average molecular weight is 580 g/mol. The van der Waals surface area contributed by atoms with E-state index in [4.69, 9.17) is 18.6 Å². The Morgan fingerprint density at radius 3 is 1.57 bits per heavy atom. The summed E-state index contributed by atoms with van der Waals surface area (Å²) < 4.78 is 22.0. The smallest absolute Gasteiger partial charge is 0.343 e. The Hall–Kier alpha value is -5.35. The van der Waals surface area contributed by atoms with Crippen molar-refractivity contribution < 1.29 is 18.6 Å². The predicted molar refractivity (Wildman–Crippen MR) is 179 cm³/mol. The maximum absolute atomic E-state index is 5.50. The highest BCUT2D eigenvalue weighted by atomic mass is 16.5. The first-order chi connectivity index (χ1) is 21.6. The first kappa shape index (κ1) is 28.8. The van der Waals surface area contributed by atoms with E-state index in [0.29, 0.717) is 0 Å². The zero-order valence-electron chi connectivity index (χ0n) is 25.4. The molecule has 5 aromatic carbocycles. The fraction of sp³-hybridized carbons (Fsp3) is 0.125. The van der Waals surface area contributed by atoms with E-state index in [2.05, 4.69) is 84.9 Å². The van der Waals surface area contributed by atoms with Crippen LogP contribution in [-0.2, 0) is 4.42 Å². The van der Waals surface area contributed by atoms with Crippen molar-refractivity contribution in [2.24, 2.45) is 0 Å². The summed E-state index contributed by atoms with van der Waals surface area (Å²) in [5, 5.41) is 2.37. The van der Waals surface area contributed by atoms with Gasteiger partial charge in [-0.15, -0.1) is 0 Å². The molecule has 1 aliphatic rings. The van der Waals surface area contributed by atoms with Gasteiger partial charge in [0.25, 0.3) is 7.11 Å². The minimum atomic E-state index is -0.0374. The van der Waals surface area contributed by atoms with Gasteiger partial charge in [-0.05, 0) is 98.3 Å². The van der Waals surface area contributed by atoms with Crippen LogP contribution in [0, 0.1) is 0 Å². The van der Waals surface area contributed by atoms with Gasteiger partial charge in [0, 0.05) is 18.1 Å². The van der Waals surface area contributed by atoms with E-state index in [1.165, 1.54) is 27.5 Å². The minimum absolute atomic E-state index is 0.0374. The lowest BCUT2D eigenvalue weighted by Crippen LogP contribution is -2.06. The molecule has 0 aromatic heterocycles. The van der Waals surface area contributed by atoms with Crippen molar-refractivity contribution in [3.63, 3.8) is 0 Å². The Morgan fingerprint density at radius 1 is 0.568 bits per heavy atom. The topological polar surface area (TPSA) is 39.0 Å². The molecule has 0 bridgehead atoms. The number of carbonyl (C=O) groups excluding carboxylic acids is 1. The molecule has 44 heavy (non-hydrogen) atoms. The van der Waals surface area contributed by atoms with Crippen LogP contribution in [0.15, 0.2) is 139 Å². The van der Waals surface area contributed by atoms with E-state index in [-0.39, 0.29) is 5.92 Å². The zero-order valence-corrected chi connectivity index (χ0v) is 25.4. The number of fused-ring (bicyclic) bond motifs is 1. The molecular weight excluding hydrogens is 544 g/mol. The quantitative estimate of drug-likeness (QED) is 0.136. The van der Waals surface area contributed by atoms with Gasteiger partial charge in [0.1, 0.15) is 17.2 Å². The summed E-state index contributed by atoms with van der Waals surface area (Å²) in [6.07, 6.45) is 8.29. The Bertz CT molecular complexity index is 1820. The Morgan fingerprint density at radius 2 is 1.07 bits per heavy atom. The second-order valence-corrected chi connectivity index (χ2v) is 10.6. The van der Waals surface area contributed by atoms with Crippen molar-refractivity contribution in [1.82, 2.24) is 0 Å². The highest BCUT2D eigenvalue weighted by molar-refractivity contribution is 6.06. The third kappa shape index (κ3) is 5.67. The minimum Gasteiger partial charge on any atom is -0.497 e. The molecule has 6 rings (SSSR count). The van der Waals surface area contributed by atoms with Crippen LogP contribution in [0.5, 0.6) is 17.2 Å². The first-order valence-electron chi connectivity index (χ1n) is 14.6. The molecule has 4 nitrogen and oxygen atoms in total. The molecule has 0 fully saturated rings. The summed E-state index contributed by atoms with van der Waals surface area (Å²) in [5.74, 6) is 3.26. The SMILES string of the molecule is COc1ccc(C(=C2C=CC(=[O+]C)C=C2)c2cccc3cccc(C(c4ccc(OC)cc4)c4ccc(OC)cc4)c23)cc1. The normalized spacial score (nSPS) is 12.5. The van der Waals surface area contributed by atoms with Crippen molar-refractivity contribution in [2.75, 3.05) is 28.4 Å². The van der Waals surface area contributed by atoms with Crippen molar-refractivity contribution in [3.8, 4) is 17.2 Å². The third-order valence-corrected chi connectivity index (χ3v) is 8.17. The highest BCUT2D eigenvalue weighted by Crippen LogP contribution is 2.42. The van der Waals surface area contributed by atoms with E-state index < -0.39 is 0 Å². The lowest BCUT2D eigenvalue weighted by Gasteiger charge is -2.24. The average Bonchev–Trinajstić information content (AvgIpc) is 3.10. The summed E-state index contributed by atoms with van der Waals surface area (Å²) in [6.45, 7) is 0. The summed E-state index contributed by atoms with van der Waals surface area (Å²) >= 11 is 0. The van der Waals surface area contributed by atoms with Crippen molar-refractivity contribution >= 4 is 22.1 Å². The van der Waals surface area contributed by atoms with Crippen LogP contribution < -0.4 is 14.2 Å². The molecule has 218 valence electrons. The Balaban J connectivity index is 1.64. The van der Waals surface area contributed by atoms with Gasteiger partial charge in [0.15, 0.2) is 0 Å². The summed E-state index contributed by atoms with van der Waals surface area (Å²) in [7, 11) is 6.78. The van der Waals surface area contributed by atoms with Gasteiger partial charge in [0.2, 0.25) is 0 Å². The van der Waals surface area contributed by atoms with E-state index in [1.807, 2.05) is 48.6 Å². The number of benzene rings is 5. The van der Waals surface area contributed by atoms with Crippen LogP contribution in [0.4, 0.5) is 0 Å². The summed E-state index contributed by atoms with van der Waals surface area (Å²) in [6, 6.07) is 38.2. The van der Waals surface area contributed by atoms with E-state index in [9.17, 15) is 0 Å². The second-order valence-electron chi connectivity index (χ2n) is 10.6. The predicted octanol–water partition coefficient (Wildman–Crippen LogP) is 8.71. The van der Waals surface area contributed by atoms with Gasteiger partial charge >= 0.3 is 5.78 Å². The van der Waals surface area contributed by atoms with Crippen LogP contribution >= 0.6 is 0 Å². The largest absolute Gasteiger partial charge is 0.497 e. The number of hydrogen-bond donors (Lipinski definition) is 0. The number of ketones is 1. The van der Waals surface area contributed by atoms with Gasteiger partial charge in [-0.2, -0.15) is 0 Å². The lowest BCUT2D eigenvalue weighted by molar-refractivity contribution is -0.417. The molecular formula is C40H35O4+. The molecule has 1 aliphatic carbocycles. The molecule has 0 amide bonds. The molecule has 0 N–H and O–H groups in total. The van der Waals surface area contributed by atoms with Gasteiger partial charge in [-0.1, -0.05) is 72.8 Å². The van der Waals surface area contributed by atoms with Crippen LogP contribution in [-0.4, -0.2) is 34.2 Å². The molecule has 0 aliphatic heterocycles. The standard InChI is InChI=1S/C40H35O4/c1-41-32-19-11-28(12-20-32)38(29-13-21-33(42-2)22-14-29)36-9-5-7-27-8-6-10-37(40(27)36)39(30-15-23-34(43-3)24-16-30)31-17-25-35(44-4)26-18-31/h5-26,38H,1-4H3/q+1.